The number of rotatable bonds is 5. The van der Waals surface area contributed by atoms with E-state index in [1.165, 1.54) is 49.7 Å². The summed E-state index contributed by atoms with van der Waals surface area (Å²) in [6.45, 7) is 0. The fourth-order valence-electron chi connectivity index (χ4n) is 8.55. The molecule has 1 aliphatic carbocycles. The summed E-state index contributed by atoms with van der Waals surface area (Å²) in [6, 6.07) is 63.0. The first-order valence-corrected chi connectivity index (χ1v) is 18.7. The Morgan fingerprint density at radius 2 is 1.07 bits per heavy atom. The summed E-state index contributed by atoms with van der Waals surface area (Å²) in [5.41, 5.74) is 15.7. The number of aryl methyl sites for hydroxylation is 1. The maximum absolute atomic E-state index is 7.03. The fourth-order valence-corrected chi connectivity index (χ4v) is 8.55. The molecule has 0 fully saturated rings. The lowest BCUT2D eigenvalue weighted by molar-refractivity contribution is 0.544. The van der Waals surface area contributed by atoms with E-state index in [9.17, 15) is 0 Å². The molecule has 0 atom stereocenters. The number of hydrogen-bond donors (Lipinski definition) is 0. The van der Waals surface area contributed by atoms with Crippen molar-refractivity contribution in [3.05, 3.63) is 199 Å². The summed E-state index contributed by atoms with van der Waals surface area (Å²) in [5, 5.41) is 4.71. The Kier molecular flexibility index (Phi) is 6.99. The number of aromatic nitrogens is 2. The summed E-state index contributed by atoms with van der Waals surface area (Å²) in [7, 11) is 0. The molecule has 3 heteroatoms. The zero-order valence-electron chi connectivity index (χ0n) is 29.5. The second-order valence-electron chi connectivity index (χ2n) is 14.2. The van der Waals surface area contributed by atoms with Crippen LogP contribution in [0.1, 0.15) is 23.3 Å². The number of nitrogens with zero attached hydrogens (tertiary/aromatic N) is 2. The van der Waals surface area contributed by atoms with Crippen molar-refractivity contribution in [3.63, 3.8) is 0 Å². The number of allylic oxidation sites excluding steroid dienone is 1. The SMILES string of the molecule is C1=C(c2cc(-c3ccccc3)nc3ccccc23)c2c(oc3c(-n4c5ccc(-c6ccccc6)cc5c5cc(-c6ccccc6)ccc54)cccc23)CC1. The van der Waals surface area contributed by atoms with Crippen molar-refractivity contribution in [2.24, 2.45) is 0 Å². The quantitative estimate of drug-likeness (QED) is 0.180. The molecule has 0 aliphatic heterocycles. The number of hydrogen-bond acceptors (Lipinski definition) is 2. The molecule has 54 heavy (non-hydrogen) atoms. The van der Waals surface area contributed by atoms with Crippen LogP contribution >= 0.6 is 0 Å². The van der Waals surface area contributed by atoms with E-state index in [2.05, 4.69) is 187 Å². The summed E-state index contributed by atoms with van der Waals surface area (Å²) in [6.07, 6.45) is 4.17. The molecule has 3 heterocycles. The maximum Gasteiger partial charge on any atom is 0.158 e. The summed E-state index contributed by atoms with van der Waals surface area (Å²) >= 11 is 0. The molecule has 0 radical (unpaired) electrons. The topological polar surface area (TPSA) is 31.0 Å². The van der Waals surface area contributed by atoms with Crippen LogP contribution in [0.5, 0.6) is 0 Å². The van der Waals surface area contributed by atoms with E-state index in [1.54, 1.807) is 0 Å². The first-order valence-electron chi connectivity index (χ1n) is 18.7. The normalized spacial score (nSPS) is 12.8. The summed E-state index contributed by atoms with van der Waals surface area (Å²) in [4.78, 5) is 5.11. The number of furan rings is 1. The Balaban J connectivity index is 1.14. The van der Waals surface area contributed by atoms with E-state index >= 15 is 0 Å². The van der Waals surface area contributed by atoms with Gasteiger partial charge in [-0.2, -0.15) is 0 Å². The maximum atomic E-state index is 7.03. The Bertz CT molecular complexity index is 2980. The average Bonchev–Trinajstić information content (AvgIpc) is 3.80. The molecule has 3 aromatic heterocycles. The standard InChI is InChI=1S/C51H34N2O/c1-4-14-33(15-5-1)36-26-28-46-42(30-36)43-31-37(34-16-6-2-7-17-34)27-29-47(43)53(46)48-24-12-22-40-50-39(21-13-25-49(50)54-51(40)48)41-32-45(35-18-8-3-9-19-35)52-44-23-11-10-20-38(41)44/h1-12,14-24,26-32H,13,25H2. The lowest BCUT2D eigenvalue weighted by Crippen LogP contribution is -2.00. The molecule has 7 aromatic carbocycles. The van der Waals surface area contributed by atoms with Gasteiger partial charge in [0.15, 0.2) is 5.58 Å². The predicted molar refractivity (Wildman–Crippen MR) is 224 cm³/mol. The third kappa shape index (κ3) is 4.86. The highest BCUT2D eigenvalue weighted by molar-refractivity contribution is 6.13. The van der Waals surface area contributed by atoms with Gasteiger partial charge in [-0.05, 0) is 82.3 Å². The number of para-hydroxylation sites is 2. The summed E-state index contributed by atoms with van der Waals surface area (Å²) in [5.74, 6) is 1.04. The van der Waals surface area contributed by atoms with Crippen LogP contribution in [0.25, 0.3) is 88.4 Å². The molecule has 0 saturated heterocycles. The van der Waals surface area contributed by atoms with Crippen LogP contribution < -0.4 is 0 Å². The van der Waals surface area contributed by atoms with Crippen molar-refractivity contribution in [2.75, 3.05) is 0 Å². The van der Waals surface area contributed by atoms with Crippen molar-refractivity contribution in [1.29, 1.82) is 0 Å². The summed E-state index contributed by atoms with van der Waals surface area (Å²) < 4.78 is 9.44. The van der Waals surface area contributed by atoms with Gasteiger partial charge in [-0.1, -0.05) is 140 Å². The van der Waals surface area contributed by atoms with Gasteiger partial charge in [0, 0.05) is 39.1 Å². The zero-order valence-corrected chi connectivity index (χ0v) is 29.5. The Hall–Kier alpha value is -6.97. The van der Waals surface area contributed by atoms with Crippen molar-refractivity contribution in [1.82, 2.24) is 9.55 Å². The van der Waals surface area contributed by atoms with Gasteiger partial charge in [0.1, 0.15) is 5.76 Å². The van der Waals surface area contributed by atoms with Crippen LogP contribution in [-0.4, -0.2) is 9.55 Å². The van der Waals surface area contributed by atoms with Crippen LogP contribution in [0.4, 0.5) is 0 Å². The molecule has 254 valence electrons. The van der Waals surface area contributed by atoms with Gasteiger partial charge < -0.3 is 8.98 Å². The fraction of sp³-hybridized carbons (Fsp3) is 0.0392. The Morgan fingerprint density at radius 1 is 0.481 bits per heavy atom. The molecule has 1 aliphatic rings. The van der Waals surface area contributed by atoms with Gasteiger partial charge in [0.2, 0.25) is 0 Å². The molecule has 0 spiro atoms. The van der Waals surface area contributed by atoms with E-state index in [1.807, 2.05) is 0 Å². The highest BCUT2D eigenvalue weighted by Crippen LogP contribution is 2.45. The molecular weight excluding hydrogens is 657 g/mol. The van der Waals surface area contributed by atoms with Crippen LogP contribution in [0, 0.1) is 0 Å². The zero-order chi connectivity index (χ0) is 35.6. The average molecular weight is 691 g/mol. The third-order valence-electron chi connectivity index (χ3n) is 11.1. The molecular formula is C51H34N2O. The van der Waals surface area contributed by atoms with Gasteiger partial charge >= 0.3 is 0 Å². The molecule has 10 aromatic rings. The molecule has 0 bridgehead atoms. The van der Waals surface area contributed by atoms with Gasteiger partial charge in [0.25, 0.3) is 0 Å². The first kappa shape index (κ1) is 30.6. The molecule has 0 saturated carbocycles. The number of benzene rings is 7. The van der Waals surface area contributed by atoms with Crippen LogP contribution in [-0.2, 0) is 6.42 Å². The van der Waals surface area contributed by atoms with E-state index < -0.39 is 0 Å². The van der Waals surface area contributed by atoms with Crippen molar-refractivity contribution in [3.8, 4) is 39.2 Å². The van der Waals surface area contributed by atoms with E-state index in [-0.39, 0.29) is 0 Å². The lowest BCUT2D eigenvalue weighted by atomic mass is 9.87. The first-order chi connectivity index (χ1) is 26.8. The molecule has 0 amide bonds. The smallest absolute Gasteiger partial charge is 0.158 e. The Labute approximate surface area is 313 Å². The minimum absolute atomic E-state index is 0.857. The highest BCUT2D eigenvalue weighted by atomic mass is 16.3. The Morgan fingerprint density at radius 3 is 1.74 bits per heavy atom. The predicted octanol–water partition coefficient (Wildman–Crippen LogP) is 13.5. The highest BCUT2D eigenvalue weighted by Gasteiger charge is 2.26. The second kappa shape index (κ2) is 12.3. The molecule has 0 N–H and O–H groups in total. The van der Waals surface area contributed by atoms with Crippen LogP contribution in [0.3, 0.4) is 0 Å². The van der Waals surface area contributed by atoms with Gasteiger partial charge in [-0.15, -0.1) is 0 Å². The number of fused-ring (bicyclic) bond motifs is 7. The largest absolute Gasteiger partial charge is 0.458 e. The van der Waals surface area contributed by atoms with Crippen molar-refractivity contribution in [2.45, 2.75) is 12.8 Å². The molecule has 0 unspecified atom stereocenters. The third-order valence-corrected chi connectivity index (χ3v) is 11.1. The van der Waals surface area contributed by atoms with Gasteiger partial charge in [-0.3, -0.25) is 0 Å². The minimum atomic E-state index is 0.857. The monoisotopic (exact) mass is 690 g/mol. The van der Waals surface area contributed by atoms with E-state index in [0.29, 0.717) is 0 Å². The van der Waals surface area contributed by atoms with Gasteiger partial charge in [-0.25, -0.2) is 4.98 Å². The van der Waals surface area contributed by atoms with E-state index in [0.717, 1.165) is 68.5 Å². The number of pyridine rings is 1. The van der Waals surface area contributed by atoms with E-state index in [4.69, 9.17) is 9.40 Å². The second-order valence-corrected chi connectivity index (χ2v) is 14.2. The van der Waals surface area contributed by atoms with Crippen LogP contribution in [0.15, 0.2) is 186 Å². The van der Waals surface area contributed by atoms with Gasteiger partial charge in [0.05, 0.1) is 27.9 Å². The molecule has 11 rings (SSSR count). The van der Waals surface area contributed by atoms with Crippen LogP contribution in [0.2, 0.25) is 0 Å². The van der Waals surface area contributed by atoms with Crippen molar-refractivity contribution < 1.29 is 4.42 Å². The molecule has 3 nitrogen and oxygen atoms in total. The van der Waals surface area contributed by atoms with Crippen molar-refractivity contribution >= 4 is 49.3 Å². The minimum Gasteiger partial charge on any atom is -0.458 e. The lowest BCUT2D eigenvalue weighted by Gasteiger charge is -2.17.